The van der Waals surface area contributed by atoms with Crippen molar-refractivity contribution in [2.24, 2.45) is 35.5 Å². The molecule has 10 rings (SSSR count). The molecule has 2 aromatic heterocycles. The lowest BCUT2D eigenvalue weighted by molar-refractivity contribution is -0.122. The molecule has 51 heavy (non-hydrogen) atoms. The lowest BCUT2D eigenvalue weighted by atomic mass is 9.75. The average Bonchev–Trinajstić information content (AvgIpc) is 3.96. The van der Waals surface area contributed by atoms with E-state index >= 15 is 0 Å². The van der Waals surface area contributed by atoms with Crippen LogP contribution in [0.3, 0.4) is 0 Å². The molecule has 0 radical (unpaired) electrons. The molecule has 4 aliphatic heterocycles. The number of ether oxygens (including phenoxy) is 2. The van der Waals surface area contributed by atoms with Crippen molar-refractivity contribution in [2.45, 2.75) is 56.5 Å². The van der Waals surface area contributed by atoms with Gasteiger partial charge in [-0.05, 0) is 84.0 Å². The molecule has 4 aromatic rings. The maximum absolute atomic E-state index is 13.0. The molecule has 6 fully saturated rings. The maximum Gasteiger partial charge on any atom is 0.230 e. The summed E-state index contributed by atoms with van der Waals surface area (Å²) >= 11 is 24.0. The van der Waals surface area contributed by atoms with E-state index in [0.717, 1.165) is 24.0 Å². The van der Waals surface area contributed by atoms with Gasteiger partial charge < -0.3 is 20.1 Å². The smallest absolute Gasteiger partial charge is 0.230 e. The van der Waals surface area contributed by atoms with E-state index < -0.39 is 0 Å². The third-order valence-electron chi connectivity index (χ3n) is 11.2. The van der Waals surface area contributed by atoms with Crippen LogP contribution in [-0.2, 0) is 19.1 Å². The average molecular weight is 769 g/mol. The topological polar surface area (TPSA) is 128 Å². The molecule has 4 saturated heterocycles. The molecule has 264 valence electrons. The lowest BCUT2D eigenvalue weighted by Crippen LogP contribution is -2.37. The largest absolute Gasteiger partial charge is 0.373 e. The molecule has 12 atom stereocenters. The van der Waals surface area contributed by atoms with Gasteiger partial charge in [0.1, 0.15) is 12.7 Å². The third-order valence-corrected chi connectivity index (χ3v) is 12.7. The minimum atomic E-state index is -0.241. The zero-order chi connectivity index (χ0) is 34.3. The van der Waals surface area contributed by atoms with Crippen molar-refractivity contribution < 1.29 is 19.1 Å². The van der Waals surface area contributed by atoms with Gasteiger partial charge in [-0.3, -0.25) is 9.59 Å². The van der Waals surface area contributed by atoms with Crippen LogP contribution in [0.5, 0.6) is 0 Å². The Morgan fingerprint density at radius 1 is 0.569 bits per heavy atom. The Morgan fingerprint density at radius 2 is 0.941 bits per heavy atom. The Morgan fingerprint density at radius 3 is 1.31 bits per heavy atom. The van der Waals surface area contributed by atoms with Crippen LogP contribution < -0.4 is 10.6 Å². The van der Waals surface area contributed by atoms with Gasteiger partial charge in [-0.1, -0.05) is 53.8 Å². The first kappa shape index (κ1) is 34.7. The monoisotopic (exact) mass is 766 g/mol. The van der Waals surface area contributed by atoms with Gasteiger partial charge in [0, 0.05) is 48.0 Å². The van der Waals surface area contributed by atoms with E-state index in [4.69, 9.17) is 55.9 Å². The normalized spacial score (nSPS) is 34.0. The predicted octanol–water partition coefficient (Wildman–Crippen LogP) is 7.71. The summed E-state index contributed by atoms with van der Waals surface area (Å²) in [6.07, 6.45) is 12.6. The van der Waals surface area contributed by atoms with Gasteiger partial charge in [-0.2, -0.15) is 0 Å². The number of nitrogens with one attached hydrogen (secondary N) is 2. The van der Waals surface area contributed by atoms with Crippen molar-refractivity contribution in [1.29, 1.82) is 0 Å². The van der Waals surface area contributed by atoms with Crippen LogP contribution >= 0.6 is 46.4 Å². The number of anilines is 2. The number of fused-ring (bicyclic) bond motifs is 10. The van der Waals surface area contributed by atoms with Crippen LogP contribution in [0.25, 0.3) is 0 Å². The van der Waals surface area contributed by atoms with Crippen molar-refractivity contribution >= 4 is 69.6 Å². The SMILES string of the molecule is C.O=C(Nc1ccc(Cl)c(Cl)c1)[C@@H]1[C@@H]2O[C@@H]([C@H]3C[C@H]32)[C@@H]1c1cncnc1.O=C(Nc1ccc(Cl)c(Cl)c1)[C@H]1[C@H]2O[C@H]([C@@H]3C[C@@H]32)[C@H]1c1cncnc1. The number of amides is 2. The van der Waals surface area contributed by atoms with Crippen LogP contribution in [0, 0.1) is 35.5 Å². The van der Waals surface area contributed by atoms with Gasteiger partial charge in [0.2, 0.25) is 11.8 Å². The molecule has 4 bridgehead atoms. The Hall–Kier alpha value is -3.38. The van der Waals surface area contributed by atoms with Gasteiger partial charge in [-0.15, -0.1) is 0 Å². The fourth-order valence-electron chi connectivity index (χ4n) is 8.95. The molecular formula is C37H34Cl4N6O4. The number of carbonyl (C=O) groups excluding carboxylic acids is 2. The summed E-state index contributed by atoms with van der Waals surface area (Å²) in [6.45, 7) is 0. The number of aromatic nitrogens is 4. The van der Waals surface area contributed by atoms with Gasteiger partial charge in [0.05, 0.1) is 56.3 Å². The Labute approximate surface area is 315 Å². The Kier molecular flexibility index (Phi) is 9.22. The standard InChI is InChI=1S/2C18H15Cl2N3O2.CH4/c2*19-12-2-1-9(3-13(12)20)23-18(24)15-14(8-5-21-7-22-6-8)16-10-4-11(10)17(15)25-16;/h2*1-3,5-7,10-11,14-17H,4H2,(H,23,24);1H4/t2*10-,11+,14+,15-,16-,17+;/m10./s1. The third kappa shape index (κ3) is 6.17. The van der Waals surface area contributed by atoms with Gasteiger partial charge in [0.25, 0.3) is 0 Å². The van der Waals surface area contributed by atoms with Crippen molar-refractivity contribution in [3.8, 4) is 0 Å². The van der Waals surface area contributed by atoms with Crippen LogP contribution in [0.1, 0.15) is 43.2 Å². The second kappa shape index (κ2) is 13.5. The molecule has 6 aliphatic rings. The molecule has 0 spiro atoms. The van der Waals surface area contributed by atoms with Gasteiger partial charge >= 0.3 is 0 Å². The summed E-state index contributed by atoms with van der Waals surface area (Å²) in [4.78, 5) is 42.6. The minimum absolute atomic E-state index is 0. The van der Waals surface area contributed by atoms with E-state index in [1.165, 1.54) is 12.7 Å². The summed E-state index contributed by atoms with van der Waals surface area (Å²) in [5.74, 6) is 1.58. The molecule has 2 amide bonds. The van der Waals surface area contributed by atoms with E-state index in [9.17, 15) is 9.59 Å². The van der Waals surface area contributed by atoms with Gasteiger partial charge in [0.15, 0.2) is 0 Å². The van der Waals surface area contributed by atoms with Crippen LogP contribution in [-0.4, -0.2) is 56.2 Å². The number of carbonyl (C=O) groups is 2. The highest BCUT2D eigenvalue weighted by Gasteiger charge is 2.69. The highest BCUT2D eigenvalue weighted by molar-refractivity contribution is 6.42. The molecule has 10 nitrogen and oxygen atoms in total. The summed E-state index contributed by atoms with van der Waals surface area (Å²) in [6, 6.07) is 10.2. The number of hydrogen-bond donors (Lipinski definition) is 2. The summed E-state index contributed by atoms with van der Waals surface area (Å²) < 4.78 is 12.3. The van der Waals surface area contributed by atoms with Crippen LogP contribution in [0.4, 0.5) is 11.4 Å². The first-order chi connectivity index (χ1) is 24.3. The molecular weight excluding hydrogens is 734 g/mol. The van der Waals surface area contributed by atoms with E-state index in [0.29, 0.717) is 55.1 Å². The zero-order valence-electron chi connectivity index (χ0n) is 26.2. The van der Waals surface area contributed by atoms with E-state index in [1.807, 2.05) is 0 Å². The van der Waals surface area contributed by atoms with E-state index in [-0.39, 0.29) is 67.3 Å². The van der Waals surface area contributed by atoms with Gasteiger partial charge in [-0.25, -0.2) is 19.9 Å². The Bertz CT molecular complexity index is 1840. The lowest BCUT2D eigenvalue weighted by Gasteiger charge is -2.26. The second-order valence-electron chi connectivity index (χ2n) is 13.9. The number of benzene rings is 2. The number of nitrogens with zero attached hydrogens (tertiary/aromatic N) is 4. The highest BCUT2D eigenvalue weighted by Crippen LogP contribution is 2.66. The fraction of sp³-hybridized carbons (Fsp3) is 0.405. The van der Waals surface area contributed by atoms with Crippen molar-refractivity contribution in [2.75, 3.05) is 10.6 Å². The molecule has 2 aromatic carbocycles. The first-order valence-electron chi connectivity index (χ1n) is 16.6. The van der Waals surface area contributed by atoms with E-state index in [1.54, 1.807) is 61.2 Å². The molecule has 14 heteroatoms. The minimum Gasteiger partial charge on any atom is -0.373 e. The van der Waals surface area contributed by atoms with E-state index in [2.05, 4.69) is 30.6 Å². The van der Waals surface area contributed by atoms with Crippen LogP contribution in [0.2, 0.25) is 20.1 Å². The quantitative estimate of drug-likeness (QED) is 0.204. The first-order valence-corrected chi connectivity index (χ1v) is 18.1. The molecule has 2 saturated carbocycles. The Balaban J connectivity index is 0.000000144. The number of rotatable bonds is 6. The molecule has 6 heterocycles. The number of halogens is 4. The predicted molar refractivity (Wildman–Crippen MR) is 194 cm³/mol. The molecule has 2 aliphatic carbocycles. The summed E-state index contributed by atoms with van der Waals surface area (Å²) in [5.41, 5.74) is 3.21. The second-order valence-corrected chi connectivity index (χ2v) is 15.6. The fourth-order valence-corrected chi connectivity index (χ4v) is 9.55. The summed E-state index contributed by atoms with van der Waals surface area (Å²) in [7, 11) is 0. The molecule has 0 unspecified atom stereocenters. The maximum atomic E-state index is 13.0. The van der Waals surface area contributed by atoms with Crippen LogP contribution in [0.15, 0.2) is 73.8 Å². The van der Waals surface area contributed by atoms with Crippen molar-refractivity contribution in [1.82, 2.24) is 19.9 Å². The highest BCUT2D eigenvalue weighted by atomic mass is 35.5. The summed E-state index contributed by atoms with van der Waals surface area (Å²) in [5, 5.41) is 7.70. The zero-order valence-corrected chi connectivity index (χ0v) is 29.2. The van der Waals surface area contributed by atoms with Crippen molar-refractivity contribution in [3.63, 3.8) is 0 Å². The number of hydrogen-bond acceptors (Lipinski definition) is 8. The van der Waals surface area contributed by atoms with Crippen molar-refractivity contribution in [3.05, 3.63) is 105 Å². The molecule has 2 N–H and O–H groups in total.